The Kier molecular flexibility index (Phi) is 4.99. The first-order valence-electron chi connectivity index (χ1n) is 9.29. The molecule has 0 spiro atoms. The van der Waals surface area contributed by atoms with Crippen molar-refractivity contribution in [1.29, 1.82) is 0 Å². The van der Waals surface area contributed by atoms with Gasteiger partial charge in [-0.15, -0.1) is 0 Å². The molecule has 1 amide bonds. The van der Waals surface area contributed by atoms with Crippen LogP contribution in [-0.2, 0) is 0 Å². The zero-order chi connectivity index (χ0) is 20.4. The number of hydrogen-bond donors (Lipinski definition) is 0. The Morgan fingerprint density at radius 3 is 2.45 bits per heavy atom. The van der Waals surface area contributed by atoms with E-state index in [9.17, 15) is 14.9 Å². The van der Waals surface area contributed by atoms with Crippen molar-refractivity contribution in [2.75, 3.05) is 38.2 Å². The van der Waals surface area contributed by atoms with Crippen LogP contribution in [0.4, 0.5) is 11.4 Å². The van der Waals surface area contributed by atoms with E-state index in [0.29, 0.717) is 48.4 Å². The second-order valence-electron chi connectivity index (χ2n) is 6.77. The third kappa shape index (κ3) is 3.56. The summed E-state index contributed by atoms with van der Waals surface area (Å²) in [5.74, 6) is 0.697. The third-order valence-corrected chi connectivity index (χ3v) is 5.17. The van der Waals surface area contributed by atoms with Gasteiger partial charge in [-0.3, -0.25) is 19.9 Å². The molecule has 8 nitrogen and oxygen atoms in total. The maximum absolute atomic E-state index is 12.8. The van der Waals surface area contributed by atoms with Crippen molar-refractivity contribution in [3.05, 3.63) is 70.4 Å². The topological polar surface area (TPSA) is 88.8 Å². The number of fused-ring (bicyclic) bond motifs is 1. The summed E-state index contributed by atoms with van der Waals surface area (Å²) in [5, 5.41) is 11.8. The molecule has 29 heavy (non-hydrogen) atoms. The molecule has 8 heteroatoms. The van der Waals surface area contributed by atoms with Crippen LogP contribution >= 0.6 is 0 Å². The lowest BCUT2D eigenvalue weighted by molar-refractivity contribution is -0.383. The number of ether oxygens (including phenoxy) is 1. The van der Waals surface area contributed by atoms with Crippen molar-refractivity contribution >= 4 is 28.2 Å². The smallest absolute Gasteiger partial charge is 0.278 e. The van der Waals surface area contributed by atoms with Crippen molar-refractivity contribution in [1.82, 2.24) is 9.88 Å². The van der Waals surface area contributed by atoms with E-state index in [2.05, 4.69) is 9.88 Å². The second-order valence-corrected chi connectivity index (χ2v) is 6.77. The Morgan fingerprint density at radius 2 is 1.79 bits per heavy atom. The van der Waals surface area contributed by atoms with Gasteiger partial charge in [-0.25, -0.2) is 0 Å². The predicted octanol–water partition coefficient (Wildman–Crippen LogP) is 3.11. The molecule has 2 heterocycles. The van der Waals surface area contributed by atoms with Crippen LogP contribution in [-0.4, -0.2) is 54.0 Å². The van der Waals surface area contributed by atoms with E-state index in [4.69, 9.17) is 4.74 Å². The van der Waals surface area contributed by atoms with Crippen LogP contribution in [0.2, 0.25) is 0 Å². The van der Waals surface area contributed by atoms with E-state index >= 15 is 0 Å². The first-order valence-corrected chi connectivity index (χ1v) is 9.29. The lowest BCUT2D eigenvalue weighted by Crippen LogP contribution is -2.48. The lowest BCUT2D eigenvalue weighted by atomic mass is 10.1. The molecule has 0 aliphatic carbocycles. The quantitative estimate of drug-likeness (QED) is 0.501. The summed E-state index contributed by atoms with van der Waals surface area (Å²) in [6.07, 6.45) is 1.64. The fourth-order valence-electron chi connectivity index (χ4n) is 3.62. The summed E-state index contributed by atoms with van der Waals surface area (Å²) in [7, 11) is 1.59. The number of rotatable bonds is 4. The van der Waals surface area contributed by atoms with E-state index in [1.807, 2.05) is 4.90 Å². The van der Waals surface area contributed by atoms with Crippen LogP contribution in [0.25, 0.3) is 10.9 Å². The lowest BCUT2D eigenvalue weighted by Gasteiger charge is -2.36. The van der Waals surface area contributed by atoms with Gasteiger partial charge in [0.2, 0.25) is 0 Å². The Labute approximate surface area is 167 Å². The zero-order valence-corrected chi connectivity index (χ0v) is 15.9. The van der Waals surface area contributed by atoms with Crippen molar-refractivity contribution in [3.63, 3.8) is 0 Å². The summed E-state index contributed by atoms with van der Waals surface area (Å²) in [5.41, 5.74) is 2.13. The molecule has 0 bridgehead atoms. The number of non-ortho nitro benzene ring substituents is 1. The van der Waals surface area contributed by atoms with Gasteiger partial charge in [-0.05, 0) is 42.5 Å². The summed E-state index contributed by atoms with van der Waals surface area (Å²) in [6.45, 7) is 2.39. The normalized spacial score (nSPS) is 14.1. The fraction of sp³-hybridized carbons (Fsp3) is 0.238. The van der Waals surface area contributed by atoms with Gasteiger partial charge in [0.05, 0.1) is 23.1 Å². The number of anilines is 1. The van der Waals surface area contributed by atoms with Crippen LogP contribution in [0.5, 0.6) is 5.75 Å². The predicted molar refractivity (Wildman–Crippen MR) is 110 cm³/mol. The number of aromatic nitrogens is 1. The standard InChI is InChI=1S/C21H20N4O4/c1-29-16-6-4-15(5-7-16)21(26)24-13-11-23(12-14-24)19-9-8-18(25(27)28)17-3-2-10-22-20(17)19/h2-10H,11-14H2,1H3. The minimum atomic E-state index is -0.390. The van der Waals surface area contributed by atoms with Gasteiger partial charge in [-0.1, -0.05) is 0 Å². The maximum atomic E-state index is 12.8. The minimum absolute atomic E-state index is 0.0148. The Hall–Kier alpha value is -3.68. The number of amides is 1. The van der Waals surface area contributed by atoms with Crippen LogP contribution in [0.15, 0.2) is 54.7 Å². The van der Waals surface area contributed by atoms with E-state index in [0.717, 1.165) is 5.69 Å². The molecule has 2 aromatic carbocycles. The molecule has 1 aliphatic rings. The number of methoxy groups -OCH3 is 1. The summed E-state index contributed by atoms with van der Waals surface area (Å²) in [6, 6.07) is 13.8. The van der Waals surface area contributed by atoms with Gasteiger partial charge >= 0.3 is 0 Å². The zero-order valence-electron chi connectivity index (χ0n) is 15.9. The molecule has 0 saturated carbocycles. The monoisotopic (exact) mass is 392 g/mol. The first kappa shape index (κ1) is 18.7. The van der Waals surface area contributed by atoms with Gasteiger partial charge < -0.3 is 14.5 Å². The van der Waals surface area contributed by atoms with Gasteiger partial charge in [0.25, 0.3) is 11.6 Å². The van der Waals surface area contributed by atoms with E-state index in [1.54, 1.807) is 55.8 Å². The van der Waals surface area contributed by atoms with Crippen molar-refractivity contribution < 1.29 is 14.5 Å². The molecular formula is C21H20N4O4. The summed E-state index contributed by atoms with van der Waals surface area (Å²) >= 11 is 0. The molecule has 0 unspecified atom stereocenters. The number of carbonyl (C=O) groups excluding carboxylic acids is 1. The Balaban J connectivity index is 1.52. The Morgan fingerprint density at radius 1 is 1.07 bits per heavy atom. The van der Waals surface area contributed by atoms with Gasteiger partial charge in [0.15, 0.2) is 0 Å². The average Bonchev–Trinajstić information content (AvgIpc) is 2.78. The molecule has 3 aromatic rings. The van der Waals surface area contributed by atoms with E-state index in [1.165, 1.54) is 6.07 Å². The number of benzene rings is 2. The summed E-state index contributed by atoms with van der Waals surface area (Å²) in [4.78, 5) is 32.0. The summed E-state index contributed by atoms with van der Waals surface area (Å²) < 4.78 is 5.14. The van der Waals surface area contributed by atoms with E-state index in [-0.39, 0.29) is 16.5 Å². The highest BCUT2D eigenvalue weighted by molar-refractivity contribution is 5.97. The number of nitro benzene ring substituents is 1. The van der Waals surface area contributed by atoms with Crippen LogP contribution in [0, 0.1) is 10.1 Å². The third-order valence-electron chi connectivity index (χ3n) is 5.17. The van der Waals surface area contributed by atoms with Crippen LogP contribution in [0.1, 0.15) is 10.4 Å². The van der Waals surface area contributed by atoms with Gasteiger partial charge in [-0.2, -0.15) is 0 Å². The number of pyridine rings is 1. The highest BCUT2D eigenvalue weighted by Gasteiger charge is 2.25. The number of nitro groups is 1. The molecule has 1 aromatic heterocycles. The molecule has 1 aliphatic heterocycles. The maximum Gasteiger partial charge on any atom is 0.278 e. The number of carbonyl (C=O) groups is 1. The largest absolute Gasteiger partial charge is 0.497 e. The molecule has 0 N–H and O–H groups in total. The molecule has 0 atom stereocenters. The molecule has 1 fully saturated rings. The van der Waals surface area contributed by atoms with Crippen molar-refractivity contribution in [2.24, 2.45) is 0 Å². The highest BCUT2D eigenvalue weighted by atomic mass is 16.6. The minimum Gasteiger partial charge on any atom is -0.497 e. The average molecular weight is 392 g/mol. The molecule has 1 saturated heterocycles. The Bertz CT molecular complexity index is 1060. The number of hydrogen-bond acceptors (Lipinski definition) is 6. The van der Waals surface area contributed by atoms with Crippen molar-refractivity contribution in [2.45, 2.75) is 0 Å². The van der Waals surface area contributed by atoms with Crippen molar-refractivity contribution in [3.8, 4) is 5.75 Å². The van der Waals surface area contributed by atoms with Gasteiger partial charge in [0.1, 0.15) is 11.3 Å². The first-order chi connectivity index (χ1) is 14.1. The molecule has 4 rings (SSSR count). The SMILES string of the molecule is COc1ccc(C(=O)N2CCN(c3ccc([N+](=O)[O-])c4cccnc34)CC2)cc1. The number of piperazine rings is 1. The van der Waals surface area contributed by atoms with Gasteiger partial charge in [0, 0.05) is 44.0 Å². The molecule has 148 valence electrons. The fourth-order valence-corrected chi connectivity index (χ4v) is 3.62. The van der Waals surface area contributed by atoms with Crippen LogP contribution in [0.3, 0.4) is 0 Å². The molecule has 0 radical (unpaired) electrons. The van der Waals surface area contributed by atoms with E-state index < -0.39 is 0 Å². The number of nitrogens with zero attached hydrogens (tertiary/aromatic N) is 4. The van der Waals surface area contributed by atoms with Crippen LogP contribution < -0.4 is 9.64 Å². The second kappa shape index (κ2) is 7.75. The highest BCUT2D eigenvalue weighted by Crippen LogP contribution is 2.32. The molecular weight excluding hydrogens is 372 g/mol.